The number of pyridine rings is 1. The van der Waals surface area contributed by atoms with E-state index in [0.29, 0.717) is 17.4 Å². The number of rotatable bonds is 4. The van der Waals surface area contributed by atoms with Crippen molar-refractivity contribution in [1.29, 1.82) is 0 Å². The highest BCUT2D eigenvalue weighted by Crippen LogP contribution is 2.28. The summed E-state index contributed by atoms with van der Waals surface area (Å²) in [7, 11) is 0. The molecule has 2 aromatic rings. The van der Waals surface area contributed by atoms with Gasteiger partial charge in [0.2, 0.25) is 0 Å². The number of aliphatic hydroxyl groups excluding tert-OH is 1. The van der Waals surface area contributed by atoms with E-state index in [2.05, 4.69) is 4.98 Å². The number of ether oxygens (including phenoxy) is 1. The van der Waals surface area contributed by atoms with Crippen LogP contribution >= 0.6 is 11.6 Å². The van der Waals surface area contributed by atoms with Crippen LogP contribution in [0, 0.1) is 0 Å². The molecule has 1 N–H and O–H groups in total. The smallest absolute Gasteiger partial charge is 0.138 e. The first-order valence-corrected chi connectivity index (χ1v) is 6.05. The molecule has 4 heteroatoms. The largest absolute Gasteiger partial charge is 0.486 e. The van der Waals surface area contributed by atoms with Crippen LogP contribution in [0.4, 0.5) is 0 Å². The van der Waals surface area contributed by atoms with Gasteiger partial charge in [-0.25, -0.2) is 0 Å². The minimum absolute atomic E-state index is 0.370. The number of aromatic nitrogens is 1. The number of benzene rings is 1. The summed E-state index contributed by atoms with van der Waals surface area (Å²) in [5, 5.41) is 9.93. The maximum atomic E-state index is 9.44. The van der Waals surface area contributed by atoms with Gasteiger partial charge in [0, 0.05) is 6.20 Å². The zero-order valence-corrected chi connectivity index (χ0v) is 10.8. The fourth-order valence-electron chi connectivity index (χ4n) is 1.53. The van der Waals surface area contributed by atoms with Crippen molar-refractivity contribution in [3.63, 3.8) is 0 Å². The second kappa shape index (κ2) is 5.85. The van der Waals surface area contributed by atoms with Gasteiger partial charge in [-0.1, -0.05) is 23.7 Å². The minimum Gasteiger partial charge on any atom is -0.486 e. The van der Waals surface area contributed by atoms with Gasteiger partial charge in [0.05, 0.1) is 16.8 Å². The number of nitrogens with zero attached hydrogens (tertiary/aromatic N) is 1. The maximum absolute atomic E-state index is 9.44. The Hall–Kier alpha value is -1.58. The summed E-state index contributed by atoms with van der Waals surface area (Å²) in [5.74, 6) is 0.590. The summed E-state index contributed by atoms with van der Waals surface area (Å²) >= 11 is 6.08. The standard InChI is InChI=1S/C14H14ClNO2/c1-10(17)11-5-6-14(13(15)8-11)18-9-12-4-2-3-7-16-12/h2-8,10,17H,9H2,1H3/t10-/m0/s1. The molecule has 0 aliphatic rings. The van der Waals surface area contributed by atoms with Crippen molar-refractivity contribution < 1.29 is 9.84 Å². The molecule has 1 aromatic heterocycles. The highest BCUT2D eigenvalue weighted by atomic mass is 35.5. The van der Waals surface area contributed by atoms with Crippen LogP contribution in [0.1, 0.15) is 24.3 Å². The Morgan fingerprint density at radius 3 is 2.78 bits per heavy atom. The van der Waals surface area contributed by atoms with Gasteiger partial charge in [-0.15, -0.1) is 0 Å². The van der Waals surface area contributed by atoms with Crippen LogP contribution in [0.2, 0.25) is 5.02 Å². The molecule has 1 atom stereocenters. The van der Waals surface area contributed by atoms with E-state index in [9.17, 15) is 5.11 Å². The van der Waals surface area contributed by atoms with E-state index < -0.39 is 6.10 Å². The molecule has 1 heterocycles. The average Bonchev–Trinajstić information content (AvgIpc) is 2.38. The first-order chi connectivity index (χ1) is 8.66. The molecule has 18 heavy (non-hydrogen) atoms. The molecular formula is C14H14ClNO2. The van der Waals surface area contributed by atoms with Crippen LogP contribution in [0.5, 0.6) is 5.75 Å². The molecule has 0 spiro atoms. The Bertz CT molecular complexity index is 514. The van der Waals surface area contributed by atoms with E-state index in [0.717, 1.165) is 11.3 Å². The van der Waals surface area contributed by atoms with Crippen LogP contribution in [-0.4, -0.2) is 10.1 Å². The van der Waals surface area contributed by atoms with Gasteiger partial charge in [-0.2, -0.15) is 0 Å². The lowest BCUT2D eigenvalue weighted by Crippen LogP contribution is -1.99. The minimum atomic E-state index is -0.535. The quantitative estimate of drug-likeness (QED) is 0.920. The third-order valence-electron chi connectivity index (χ3n) is 2.54. The Morgan fingerprint density at radius 2 is 2.17 bits per heavy atom. The summed E-state index contributed by atoms with van der Waals surface area (Å²) < 4.78 is 5.58. The van der Waals surface area contributed by atoms with Crippen molar-refractivity contribution in [2.24, 2.45) is 0 Å². The first-order valence-electron chi connectivity index (χ1n) is 5.67. The molecule has 0 aliphatic carbocycles. The molecule has 0 saturated carbocycles. The third kappa shape index (κ3) is 3.22. The van der Waals surface area contributed by atoms with Crippen molar-refractivity contribution in [2.75, 3.05) is 0 Å². The molecule has 1 aromatic carbocycles. The van der Waals surface area contributed by atoms with Gasteiger partial charge in [-0.3, -0.25) is 4.98 Å². The van der Waals surface area contributed by atoms with E-state index in [1.807, 2.05) is 18.2 Å². The van der Waals surface area contributed by atoms with E-state index in [1.54, 1.807) is 31.3 Å². The monoisotopic (exact) mass is 263 g/mol. The number of hydrogen-bond donors (Lipinski definition) is 1. The summed E-state index contributed by atoms with van der Waals surface area (Å²) in [5.41, 5.74) is 1.61. The summed E-state index contributed by atoms with van der Waals surface area (Å²) in [4.78, 5) is 4.16. The molecule has 94 valence electrons. The summed E-state index contributed by atoms with van der Waals surface area (Å²) in [6.07, 6.45) is 1.18. The van der Waals surface area contributed by atoms with Crippen LogP contribution < -0.4 is 4.74 Å². The first kappa shape index (κ1) is 12.9. The summed E-state index contributed by atoms with van der Waals surface area (Å²) in [6.45, 7) is 2.06. The SMILES string of the molecule is C[C@H](O)c1ccc(OCc2ccccn2)c(Cl)c1. The van der Waals surface area contributed by atoms with Gasteiger partial charge in [0.15, 0.2) is 0 Å². The molecule has 0 amide bonds. The molecule has 0 radical (unpaired) electrons. The van der Waals surface area contributed by atoms with E-state index >= 15 is 0 Å². The molecule has 0 unspecified atom stereocenters. The Balaban J connectivity index is 2.06. The Labute approximate surface area is 111 Å². The highest BCUT2D eigenvalue weighted by Gasteiger charge is 2.06. The van der Waals surface area contributed by atoms with Crippen molar-refractivity contribution >= 4 is 11.6 Å². The van der Waals surface area contributed by atoms with E-state index in [-0.39, 0.29) is 0 Å². The lowest BCUT2D eigenvalue weighted by atomic mass is 10.1. The predicted molar refractivity (Wildman–Crippen MR) is 70.7 cm³/mol. The van der Waals surface area contributed by atoms with Gasteiger partial charge in [0.25, 0.3) is 0 Å². The van der Waals surface area contributed by atoms with Crippen molar-refractivity contribution in [2.45, 2.75) is 19.6 Å². The fourth-order valence-corrected chi connectivity index (χ4v) is 1.77. The van der Waals surface area contributed by atoms with Gasteiger partial charge < -0.3 is 9.84 Å². The predicted octanol–water partition coefficient (Wildman–Crippen LogP) is 3.37. The highest BCUT2D eigenvalue weighted by molar-refractivity contribution is 6.32. The average molecular weight is 264 g/mol. The maximum Gasteiger partial charge on any atom is 0.138 e. The fraction of sp³-hybridized carbons (Fsp3) is 0.214. The van der Waals surface area contributed by atoms with Crippen LogP contribution in [0.25, 0.3) is 0 Å². The lowest BCUT2D eigenvalue weighted by molar-refractivity contribution is 0.199. The Morgan fingerprint density at radius 1 is 1.33 bits per heavy atom. The second-order valence-corrected chi connectivity index (χ2v) is 4.38. The zero-order valence-electron chi connectivity index (χ0n) is 10.0. The number of halogens is 1. The summed E-state index contributed by atoms with van der Waals surface area (Å²) in [6, 6.07) is 10.9. The molecule has 0 aliphatic heterocycles. The van der Waals surface area contributed by atoms with E-state index in [4.69, 9.17) is 16.3 Å². The topological polar surface area (TPSA) is 42.4 Å². The van der Waals surface area contributed by atoms with Crippen molar-refractivity contribution in [1.82, 2.24) is 4.98 Å². The van der Waals surface area contributed by atoms with Crippen molar-refractivity contribution in [3.05, 3.63) is 58.9 Å². The molecule has 0 bridgehead atoms. The molecule has 3 nitrogen and oxygen atoms in total. The van der Waals surface area contributed by atoms with E-state index in [1.165, 1.54) is 0 Å². The van der Waals surface area contributed by atoms with Gasteiger partial charge in [0.1, 0.15) is 12.4 Å². The molecular weight excluding hydrogens is 250 g/mol. The third-order valence-corrected chi connectivity index (χ3v) is 2.84. The molecule has 0 saturated heterocycles. The second-order valence-electron chi connectivity index (χ2n) is 3.98. The lowest BCUT2D eigenvalue weighted by Gasteiger charge is -2.10. The number of aliphatic hydroxyl groups is 1. The molecule has 2 rings (SSSR count). The Kier molecular flexibility index (Phi) is 4.18. The van der Waals surface area contributed by atoms with Crippen LogP contribution in [-0.2, 0) is 6.61 Å². The zero-order chi connectivity index (χ0) is 13.0. The van der Waals surface area contributed by atoms with Crippen molar-refractivity contribution in [3.8, 4) is 5.75 Å². The van der Waals surface area contributed by atoms with Gasteiger partial charge >= 0.3 is 0 Å². The normalized spacial score (nSPS) is 12.2. The van der Waals surface area contributed by atoms with Crippen LogP contribution in [0.15, 0.2) is 42.6 Å². The number of hydrogen-bond acceptors (Lipinski definition) is 3. The molecule has 0 fully saturated rings. The van der Waals surface area contributed by atoms with Gasteiger partial charge in [-0.05, 0) is 36.8 Å². The van der Waals surface area contributed by atoms with Crippen LogP contribution in [0.3, 0.4) is 0 Å².